The minimum atomic E-state index is -0.975. The summed E-state index contributed by atoms with van der Waals surface area (Å²) in [6, 6.07) is 33.7. The van der Waals surface area contributed by atoms with Crippen LogP contribution in [0.5, 0.6) is 0 Å². The number of aryl methyl sites for hydroxylation is 1. The molecule has 11 nitrogen and oxygen atoms in total. The Hall–Kier alpha value is -5.43. The number of carbonyl (C=O) groups excluding carboxylic acids is 4. The van der Waals surface area contributed by atoms with Gasteiger partial charge in [-0.1, -0.05) is 116 Å². The molecule has 5 aromatic rings. The van der Waals surface area contributed by atoms with Crippen molar-refractivity contribution in [2.75, 3.05) is 13.1 Å². The van der Waals surface area contributed by atoms with Crippen molar-refractivity contribution in [1.82, 2.24) is 20.5 Å². The lowest BCUT2D eigenvalue weighted by Crippen LogP contribution is -2.55. The highest BCUT2D eigenvalue weighted by Crippen LogP contribution is 2.27. The van der Waals surface area contributed by atoms with Gasteiger partial charge in [-0.2, -0.15) is 0 Å². The number of nitrogens with two attached hydrogens (primary N) is 1. The molecule has 1 saturated heterocycles. The van der Waals surface area contributed by atoms with E-state index in [0.717, 1.165) is 39.7 Å². The van der Waals surface area contributed by atoms with Crippen molar-refractivity contribution in [3.05, 3.63) is 137 Å². The van der Waals surface area contributed by atoms with E-state index in [1.165, 1.54) is 16.2 Å². The average Bonchev–Trinajstić information content (AvgIpc) is 3.89. The lowest BCUT2D eigenvalue weighted by molar-refractivity contribution is -0.140. The largest absolute Gasteiger partial charge is 0.445 e. The van der Waals surface area contributed by atoms with Crippen LogP contribution in [0, 0.1) is 0 Å². The number of ketones is 1. The number of fused-ring (bicyclic) bond motifs is 1. The molecule has 12 heteroatoms. The molecule has 3 amide bonds. The number of carbonyl (C=O) groups is 4. The quantitative estimate of drug-likeness (QED) is 0.0564. The van der Waals surface area contributed by atoms with Gasteiger partial charge < -0.3 is 30.7 Å². The summed E-state index contributed by atoms with van der Waals surface area (Å²) in [5.74, 6) is -1.14. The molecule has 6 rings (SSSR count). The number of likely N-dealkylation sites (tertiary alicyclic amines) is 1. The fraction of sp³-hybridized carbons (Fsp3) is 0.356. The molecule has 4 N–H and O–H groups in total. The van der Waals surface area contributed by atoms with E-state index in [0.29, 0.717) is 50.3 Å². The first-order chi connectivity index (χ1) is 27.9. The first-order valence-corrected chi connectivity index (χ1v) is 20.6. The van der Waals surface area contributed by atoms with Crippen LogP contribution in [0.1, 0.15) is 71.4 Å². The number of amides is 3. The maximum Gasteiger partial charge on any atom is 0.408 e. The van der Waals surface area contributed by atoms with Crippen LogP contribution in [0.3, 0.4) is 0 Å². The summed E-state index contributed by atoms with van der Waals surface area (Å²) in [5, 5.41) is 6.17. The molecule has 1 aliphatic heterocycles. The van der Waals surface area contributed by atoms with Gasteiger partial charge >= 0.3 is 6.09 Å². The fourth-order valence-corrected chi connectivity index (χ4v) is 8.01. The van der Waals surface area contributed by atoms with Crippen molar-refractivity contribution in [2.45, 2.75) is 88.8 Å². The Morgan fingerprint density at radius 1 is 0.737 bits per heavy atom. The Kier molecular flexibility index (Phi) is 15.3. The predicted octanol–water partition coefficient (Wildman–Crippen LogP) is 6.99. The number of unbranched alkanes of at least 4 members (excludes halogenated alkanes) is 2. The second-order valence-electron chi connectivity index (χ2n) is 14.3. The van der Waals surface area contributed by atoms with E-state index in [9.17, 15) is 19.2 Å². The number of ether oxygens (including phenoxy) is 2. The Morgan fingerprint density at radius 3 is 2.05 bits per heavy atom. The zero-order chi connectivity index (χ0) is 39.8. The minimum absolute atomic E-state index is 0.0388. The van der Waals surface area contributed by atoms with Crippen molar-refractivity contribution in [3.8, 4) is 0 Å². The Morgan fingerprint density at radius 2 is 1.37 bits per heavy atom. The first-order valence-electron chi connectivity index (χ1n) is 19.8. The summed E-state index contributed by atoms with van der Waals surface area (Å²) in [7, 11) is 0. The third-order valence-corrected chi connectivity index (χ3v) is 11.2. The molecule has 4 aromatic carbocycles. The molecule has 1 aliphatic rings. The van der Waals surface area contributed by atoms with Gasteiger partial charge in [0.1, 0.15) is 18.7 Å². The van der Waals surface area contributed by atoms with Crippen LogP contribution in [-0.4, -0.2) is 70.9 Å². The molecule has 57 heavy (non-hydrogen) atoms. The van der Waals surface area contributed by atoms with Crippen LogP contribution in [0.25, 0.3) is 10.2 Å². The molecule has 2 unspecified atom stereocenters. The molecular formula is C45H51N5O6S. The normalized spacial score (nSPS) is 16.2. The van der Waals surface area contributed by atoms with Crippen molar-refractivity contribution < 1.29 is 28.7 Å². The van der Waals surface area contributed by atoms with Gasteiger partial charge in [-0.3, -0.25) is 14.4 Å². The number of para-hydroxylation sites is 1. The molecule has 4 atom stereocenters. The van der Waals surface area contributed by atoms with Gasteiger partial charge in [0.2, 0.25) is 17.6 Å². The number of alkyl carbamates (subject to hydrolysis) is 1. The third-order valence-electron chi connectivity index (χ3n) is 10.1. The van der Waals surface area contributed by atoms with Crippen molar-refractivity contribution in [2.24, 2.45) is 5.73 Å². The van der Waals surface area contributed by atoms with Crippen LogP contribution in [0.15, 0.2) is 115 Å². The topological polar surface area (TPSA) is 153 Å². The summed E-state index contributed by atoms with van der Waals surface area (Å²) < 4.78 is 12.7. The van der Waals surface area contributed by atoms with Crippen LogP contribution in [0.4, 0.5) is 4.79 Å². The van der Waals surface area contributed by atoms with Crippen molar-refractivity contribution in [3.63, 3.8) is 0 Å². The molecule has 0 saturated carbocycles. The second kappa shape index (κ2) is 21.2. The lowest BCUT2D eigenvalue weighted by atomic mass is 10.0. The number of aromatic nitrogens is 1. The van der Waals surface area contributed by atoms with E-state index in [-0.39, 0.29) is 25.4 Å². The molecule has 1 fully saturated rings. The fourth-order valence-electron chi connectivity index (χ4n) is 7.05. The van der Waals surface area contributed by atoms with Gasteiger partial charge in [0.25, 0.3) is 0 Å². The zero-order valence-electron chi connectivity index (χ0n) is 32.1. The third kappa shape index (κ3) is 12.0. The second-order valence-corrected chi connectivity index (χ2v) is 15.4. The summed E-state index contributed by atoms with van der Waals surface area (Å²) in [6.07, 6.45) is 3.29. The highest BCUT2D eigenvalue weighted by Gasteiger charge is 2.43. The number of benzene rings is 4. The van der Waals surface area contributed by atoms with E-state index >= 15 is 0 Å². The molecule has 298 valence electrons. The maximum absolute atomic E-state index is 14.6. The van der Waals surface area contributed by atoms with Crippen LogP contribution in [-0.2, 0) is 38.7 Å². The van der Waals surface area contributed by atoms with Crippen LogP contribution in [0.2, 0.25) is 0 Å². The Balaban J connectivity index is 1.22. The predicted molar refractivity (Wildman–Crippen MR) is 221 cm³/mol. The van der Waals surface area contributed by atoms with E-state index in [1.54, 1.807) is 0 Å². The zero-order valence-corrected chi connectivity index (χ0v) is 32.9. The Labute approximate surface area is 338 Å². The number of hydrogen-bond donors (Lipinski definition) is 3. The minimum Gasteiger partial charge on any atom is -0.445 e. The summed E-state index contributed by atoms with van der Waals surface area (Å²) in [6.45, 7) is 1.00. The van der Waals surface area contributed by atoms with E-state index in [4.69, 9.17) is 15.2 Å². The highest BCUT2D eigenvalue weighted by molar-refractivity contribution is 7.20. The van der Waals surface area contributed by atoms with Gasteiger partial charge in [0.05, 0.1) is 29.0 Å². The number of rotatable bonds is 20. The summed E-state index contributed by atoms with van der Waals surface area (Å²) in [4.78, 5) is 62.4. The van der Waals surface area contributed by atoms with Gasteiger partial charge in [-0.15, -0.1) is 11.3 Å². The van der Waals surface area contributed by atoms with Gasteiger partial charge in [-0.25, -0.2) is 9.78 Å². The number of Topliss-reactive ketones (excluding diaryl/α,β-unsaturated/α-hetero) is 1. The highest BCUT2D eigenvalue weighted by atomic mass is 32.1. The lowest BCUT2D eigenvalue weighted by Gasteiger charge is -2.29. The average molecular weight is 790 g/mol. The Bertz CT molecular complexity index is 2010. The molecule has 0 radical (unpaired) electrons. The number of nitrogens with one attached hydrogen (secondary N) is 2. The first kappa shape index (κ1) is 41.2. The maximum atomic E-state index is 14.6. The van der Waals surface area contributed by atoms with Crippen LogP contribution < -0.4 is 16.4 Å². The van der Waals surface area contributed by atoms with Crippen molar-refractivity contribution >= 4 is 45.2 Å². The smallest absolute Gasteiger partial charge is 0.408 e. The van der Waals surface area contributed by atoms with Gasteiger partial charge in [0, 0.05) is 13.0 Å². The van der Waals surface area contributed by atoms with Gasteiger partial charge in [-0.05, 0) is 67.5 Å². The van der Waals surface area contributed by atoms with Crippen LogP contribution >= 0.6 is 11.3 Å². The molecule has 2 heterocycles. The van der Waals surface area contributed by atoms with E-state index in [2.05, 4.69) is 15.6 Å². The van der Waals surface area contributed by atoms with E-state index in [1.807, 2.05) is 115 Å². The number of thiazole rings is 1. The standard InChI is InChI=1S/C45H51N5O6S/c46-27-14-4-11-24-37(41(51)43-48-36-23-12-13-26-40(36)57-43)47-42(52)39-28-35(55-30-33-18-7-2-8-19-33)29-50(39)44(53)38(25-15-22-32-16-5-1-6-17-32)49-45(54)56-31-34-20-9-3-10-21-34/h1-3,5-10,12-13,16-21,23,26,35,37-39H,4,11,14-15,22,24-25,27-31,46H2,(H,47,52)(H,49,54)/t35-,37?,38?,39+/m1/s1. The van der Waals surface area contributed by atoms with E-state index < -0.39 is 42.1 Å². The number of hydrogen-bond acceptors (Lipinski definition) is 9. The summed E-state index contributed by atoms with van der Waals surface area (Å²) in [5.41, 5.74) is 9.35. The molecular weight excluding hydrogens is 739 g/mol. The SMILES string of the molecule is NCCCCCC(NC(=O)[C@@H]1C[C@@H](OCc2ccccc2)CN1C(=O)C(CCCc1ccccc1)NC(=O)OCc1ccccc1)C(=O)c1nc2ccccc2s1. The summed E-state index contributed by atoms with van der Waals surface area (Å²) >= 11 is 1.30. The molecule has 0 spiro atoms. The monoisotopic (exact) mass is 789 g/mol. The molecule has 0 bridgehead atoms. The van der Waals surface area contributed by atoms with Gasteiger partial charge in [0.15, 0.2) is 5.01 Å². The molecule has 0 aliphatic carbocycles. The van der Waals surface area contributed by atoms with Crippen molar-refractivity contribution in [1.29, 1.82) is 0 Å². The molecule has 1 aromatic heterocycles. The number of nitrogens with zero attached hydrogens (tertiary/aromatic N) is 2.